The first kappa shape index (κ1) is 22.9. The lowest BCUT2D eigenvalue weighted by Crippen LogP contribution is -2.49. The summed E-state index contributed by atoms with van der Waals surface area (Å²) in [5.74, 6) is -0.734. The number of likely N-dealkylation sites (N-methyl/N-ethyl adjacent to an activating group) is 1. The van der Waals surface area contributed by atoms with Gasteiger partial charge in [-0.3, -0.25) is 4.79 Å². The number of amides is 1. The fourth-order valence-corrected chi connectivity index (χ4v) is 3.73. The summed E-state index contributed by atoms with van der Waals surface area (Å²) in [6.07, 6.45) is 15.1. The van der Waals surface area contributed by atoms with E-state index in [1.807, 2.05) is 19.0 Å². The monoisotopic (exact) mass is 368 g/mol. The highest BCUT2D eigenvalue weighted by molar-refractivity contribution is 5.96. The van der Waals surface area contributed by atoms with E-state index in [2.05, 4.69) is 6.92 Å². The van der Waals surface area contributed by atoms with Crippen molar-refractivity contribution in [1.29, 1.82) is 0 Å². The number of rotatable bonds is 17. The van der Waals surface area contributed by atoms with Crippen LogP contribution in [0.1, 0.15) is 84.0 Å². The van der Waals surface area contributed by atoms with E-state index in [4.69, 9.17) is 0 Å². The molecule has 0 spiro atoms. The number of carboxylic acid groups (broad SMARTS) is 1. The smallest absolute Gasteiger partial charge is 0.246 e. The minimum atomic E-state index is -1.02. The number of nitrogens with zero attached hydrogens (tertiary/aromatic N) is 2. The molecule has 0 saturated carbocycles. The third-order valence-corrected chi connectivity index (χ3v) is 5.43. The lowest BCUT2D eigenvalue weighted by molar-refractivity contribution is -0.884. The first-order valence-corrected chi connectivity index (χ1v) is 10.7. The summed E-state index contributed by atoms with van der Waals surface area (Å²) in [5.41, 5.74) is 0. The Hall–Kier alpha value is -1.10. The van der Waals surface area contributed by atoms with E-state index in [1.54, 1.807) is 0 Å². The normalized spacial score (nSPS) is 17.0. The van der Waals surface area contributed by atoms with E-state index in [9.17, 15) is 14.7 Å². The number of carbonyl (C=O) groups is 2. The Bertz CT molecular complexity index is 423. The van der Waals surface area contributed by atoms with Crippen LogP contribution >= 0.6 is 0 Å². The van der Waals surface area contributed by atoms with Gasteiger partial charge in [0, 0.05) is 13.0 Å². The number of aliphatic carboxylic acids is 1. The van der Waals surface area contributed by atoms with Gasteiger partial charge in [0.1, 0.15) is 12.6 Å². The molecule has 1 fully saturated rings. The number of carbonyl (C=O) groups excluding carboxylic acids is 2. The molecule has 1 aliphatic heterocycles. The second-order valence-corrected chi connectivity index (χ2v) is 8.56. The van der Waals surface area contributed by atoms with E-state index in [0.717, 1.165) is 32.4 Å². The van der Waals surface area contributed by atoms with Crippen molar-refractivity contribution in [3.8, 4) is 0 Å². The number of carboxylic acids is 1. The molecule has 1 unspecified atom stereocenters. The molecule has 0 aromatic carbocycles. The van der Waals surface area contributed by atoms with Crippen LogP contribution in [0.5, 0.6) is 0 Å². The zero-order chi connectivity index (χ0) is 19.4. The lowest BCUT2D eigenvalue weighted by atomic mass is 10.1. The zero-order valence-corrected chi connectivity index (χ0v) is 17.3. The van der Waals surface area contributed by atoms with Gasteiger partial charge in [-0.15, -0.1) is 0 Å². The topological polar surface area (TPSA) is 60.2 Å². The standard InChI is InChI=1S/C21H40N2O3/c1-4-5-6-7-8-9-10-11-12-13-15-19-21(26)22(19)16-14-17-23(2,3)18-20(24)25/h19H,4-18H2,1-3H3. The summed E-state index contributed by atoms with van der Waals surface area (Å²) in [7, 11) is 3.78. The molecule has 0 bridgehead atoms. The molecule has 0 aliphatic carbocycles. The van der Waals surface area contributed by atoms with Gasteiger partial charge < -0.3 is 19.3 Å². The molecule has 26 heavy (non-hydrogen) atoms. The van der Waals surface area contributed by atoms with Crippen molar-refractivity contribution in [1.82, 2.24) is 4.90 Å². The van der Waals surface area contributed by atoms with Crippen molar-refractivity contribution in [3.05, 3.63) is 0 Å². The van der Waals surface area contributed by atoms with Crippen LogP contribution in [0.4, 0.5) is 0 Å². The number of hydrogen-bond donors (Lipinski definition) is 0. The average molecular weight is 369 g/mol. The highest BCUT2D eigenvalue weighted by Crippen LogP contribution is 2.26. The third kappa shape index (κ3) is 10.1. The second kappa shape index (κ2) is 12.3. The number of unbranched alkanes of at least 4 members (excludes halogenated alkanes) is 9. The minimum Gasteiger partial charge on any atom is -0.544 e. The van der Waals surface area contributed by atoms with Gasteiger partial charge in [-0.05, 0) is 6.42 Å². The largest absolute Gasteiger partial charge is 0.544 e. The Labute approximate surface area is 160 Å². The van der Waals surface area contributed by atoms with Crippen LogP contribution in [0.3, 0.4) is 0 Å². The van der Waals surface area contributed by atoms with Crippen molar-refractivity contribution in [3.63, 3.8) is 0 Å². The molecule has 152 valence electrons. The van der Waals surface area contributed by atoms with Crippen LogP contribution in [0.2, 0.25) is 0 Å². The molecule has 0 N–H and O–H groups in total. The average Bonchev–Trinajstić information content (AvgIpc) is 3.16. The van der Waals surface area contributed by atoms with Gasteiger partial charge in [0.05, 0.1) is 26.6 Å². The van der Waals surface area contributed by atoms with Crippen LogP contribution in [-0.2, 0) is 9.59 Å². The van der Waals surface area contributed by atoms with Crippen LogP contribution < -0.4 is 5.11 Å². The maximum absolute atomic E-state index is 11.9. The molecular weight excluding hydrogens is 328 g/mol. The zero-order valence-electron chi connectivity index (χ0n) is 17.3. The Morgan fingerprint density at radius 2 is 1.50 bits per heavy atom. The van der Waals surface area contributed by atoms with Crippen LogP contribution in [0.25, 0.3) is 0 Å². The minimum absolute atomic E-state index is 0.0238. The molecule has 1 aliphatic rings. The quantitative estimate of drug-likeness (QED) is 0.225. The summed E-state index contributed by atoms with van der Waals surface area (Å²) in [6, 6.07) is 0.140. The molecule has 1 amide bonds. The van der Waals surface area contributed by atoms with Gasteiger partial charge in [0.2, 0.25) is 5.91 Å². The molecule has 1 heterocycles. The molecule has 5 nitrogen and oxygen atoms in total. The Morgan fingerprint density at radius 3 is 2.04 bits per heavy atom. The van der Waals surface area contributed by atoms with Crippen molar-refractivity contribution in [2.75, 3.05) is 33.7 Å². The van der Waals surface area contributed by atoms with E-state index in [0.29, 0.717) is 4.48 Å². The summed E-state index contributed by atoms with van der Waals surface area (Å²) >= 11 is 0. The Kier molecular flexibility index (Phi) is 10.9. The van der Waals surface area contributed by atoms with Gasteiger partial charge in [0.25, 0.3) is 0 Å². The van der Waals surface area contributed by atoms with Crippen LogP contribution in [0.15, 0.2) is 0 Å². The van der Waals surface area contributed by atoms with E-state index < -0.39 is 5.97 Å². The van der Waals surface area contributed by atoms with E-state index in [-0.39, 0.29) is 18.5 Å². The predicted molar refractivity (Wildman–Crippen MR) is 103 cm³/mol. The highest BCUT2D eigenvalue weighted by Gasteiger charge is 2.44. The molecule has 0 radical (unpaired) electrons. The van der Waals surface area contributed by atoms with Gasteiger partial charge in [-0.1, -0.05) is 71.1 Å². The number of quaternary nitrogens is 1. The molecule has 1 saturated heterocycles. The molecule has 0 aromatic rings. The Balaban J connectivity index is 1.96. The van der Waals surface area contributed by atoms with Crippen molar-refractivity contribution in [2.45, 2.75) is 90.0 Å². The second-order valence-electron chi connectivity index (χ2n) is 8.56. The summed E-state index contributed by atoms with van der Waals surface area (Å²) in [5, 5.41) is 10.7. The Morgan fingerprint density at radius 1 is 0.962 bits per heavy atom. The summed E-state index contributed by atoms with van der Waals surface area (Å²) < 4.78 is 0.410. The van der Waals surface area contributed by atoms with E-state index in [1.165, 1.54) is 57.8 Å². The first-order valence-electron chi connectivity index (χ1n) is 10.7. The van der Waals surface area contributed by atoms with Gasteiger partial charge in [-0.2, -0.15) is 0 Å². The van der Waals surface area contributed by atoms with Gasteiger partial charge in [-0.25, -0.2) is 0 Å². The lowest BCUT2D eigenvalue weighted by Gasteiger charge is -2.30. The SMILES string of the molecule is CCCCCCCCCCCCC1C(=O)N1CCC[N+](C)(C)CC(=O)[O-]. The van der Waals surface area contributed by atoms with Gasteiger partial charge in [0.15, 0.2) is 0 Å². The predicted octanol–water partition coefficient (Wildman–Crippen LogP) is 2.72. The van der Waals surface area contributed by atoms with Crippen molar-refractivity contribution < 1.29 is 19.2 Å². The third-order valence-electron chi connectivity index (χ3n) is 5.43. The maximum Gasteiger partial charge on any atom is 0.246 e. The molecular formula is C21H40N2O3. The van der Waals surface area contributed by atoms with Crippen molar-refractivity contribution in [2.24, 2.45) is 0 Å². The summed E-state index contributed by atoms with van der Waals surface area (Å²) in [4.78, 5) is 24.5. The van der Waals surface area contributed by atoms with Crippen LogP contribution in [0, 0.1) is 0 Å². The van der Waals surface area contributed by atoms with E-state index >= 15 is 0 Å². The van der Waals surface area contributed by atoms with Crippen molar-refractivity contribution >= 4 is 11.9 Å². The van der Waals surface area contributed by atoms with Crippen LogP contribution in [-0.4, -0.2) is 61.0 Å². The summed E-state index contributed by atoms with van der Waals surface area (Å²) in [6.45, 7) is 3.79. The molecule has 1 rings (SSSR count). The first-order chi connectivity index (χ1) is 12.4. The number of hydrogen-bond acceptors (Lipinski definition) is 3. The van der Waals surface area contributed by atoms with Gasteiger partial charge >= 0.3 is 0 Å². The highest BCUT2D eigenvalue weighted by atomic mass is 16.4. The molecule has 5 heteroatoms. The maximum atomic E-state index is 11.9. The molecule has 1 atom stereocenters. The fourth-order valence-electron chi connectivity index (χ4n) is 3.73. The molecule has 0 aromatic heterocycles. The fraction of sp³-hybridized carbons (Fsp3) is 0.905.